The van der Waals surface area contributed by atoms with Crippen LogP contribution in [0.4, 0.5) is 0 Å². The summed E-state index contributed by atoms with van der Waals surface area (Å²) in [6.07, 6.45) is 1.60. The number of benzene rings is 1. The molecular formula is C12H8N4O. The Morgan fingerprint density at radius 3 is 3.12 bits per heavy atom. The van der Waals surface area contributed by atoms with Crippen LogP contribution in [0.15, 0.2) is 40.4 Å². The van der Waals surface area contributed by atoms with Crippen molar-refractivity contribution in [3.63, 3.8) is 0 Å². The number of rotatable bonds is 1. The fraction of sp³-hybridized carbons (Fsp3) is 0.0833. The second-order valence-corrected chi connectivity index (χ2v) is 3.29. The van der Waals surface area contributed by atoms with Crippen molar-refractivity contribution >= 4 is 10.9 Å². The third kappa shape index (κ3) is 2.46. The van der Waals surface area contributed by atoms with Gasteiger partial charge in [0.25, 0.3) is 0 Å². The number of H-pyrrole nitrogens is 1. The molecule has 2 rings (SSSR count). The largest absolute Gasteiger partial charge is 0.361 e. The van der Waals surface area contributed by atoms with Gasteiger partial charge in [-0.3, -0.25) is 4.79 Å². The molecule has 0 fully saturated rings. The summed E-state index contributed by atoms with van der Waals surface area (Å²) in [6, 6.07) is 6.77. The molecule has 0 spiro atoms. The zero-order chi connectivity index (χ0) is 12.1. The lowest BCUT2D eigenvalue weighted by atomic mass is 10.1. The Hall–Kier alpha value is -2.70. The first-order chi connectivity index (χ1) is 8.31. The zero-order valence-corrected chi connectivity index (χ0v) is 8.84. The Kier molecular flexibility index (Phi) is 3.10. The van der Waals surface area contributed by atoms with E-state index in [1.165, 1.54) is 6.07 Å². The van der Waals surface area contributed by atoms with Crippen molar-refractivity contribution in [2.24, 2.45) is 5.11 Å². The summed E-state index contributed by atoms with van der Waals surface area (Å²) in [5.41, 5.74) is 9.58. The number of hydrogen-bond acceptors (Lipinski definition) is 2. The van der Waals surface area contributed by atoms with Gasteiger partial charge in [0, 0.05) is 28.1 Å². The van der Waals surface area contributed by atoms with Crippen molar-refractivity contribution in [2.45, 2.75) is 0 Å². The predicted molar refractivity (Wildman–Crippen MR) is 65.5 cm³/mol. The van der Waals surface area contributed by atoms with Crippen molar-refractivity contribution in [1.29, 1.82) is 0 Å². The molecule has 1 heterocycles. The van der Waals surface area contributed by atoms with E-state index in [2.05, 4.69) is 26.9 Å². The van der Waals surface area contributed by atoms with Gasteiger partial charge < -0.3 is 4.98 Å². The smallest absolute Gasteiger partial charge is 0.189 e. The van der Waals surface area contributed by atoms with E-state index in [0.717, 1.165) is 11.1 Å². The highest BCUT2D eigenvalue weighted by Gasteiger charge is 1.97. The number of pyridine rings is 1. The van der Waals surface area contributed by atoms with Crippen LogP contribution in [0, 0.1) is 11.8 Å². The molecule has 82 valence electrons. The molecule has 5 heteroatoms. The van der Waals surface area contributed by atoms with E-state index in [-0.39, 0.29) is 12.0 Å². The molecule has 0 amide bonds. The molecule has 0 saturated heterocycles. The van der Waals surface area contributed by atoms with Crippen LogP contribution in [0.25, 0.3) is 21.3 Å². The monoisotopic (exact) mass is 224 g/mol. The molecule has 5 nitrogen and oxygen atoms in total. The van der Waals surface area contributed by atoms with E-state index in [1.54, 1.807) is 24.4 Å². The van der Waals surface area contributed by atoms with E-state index >= 15 is 0 Å². The van der Waals surface area contributed by atoms with Crippen LogP contribution in [0.5, 0.6) is 0 Å². The molecule has 0 aliphatic rings. The molecule has 1 N–H and O–H groups in total. The maximum Gasteiger partial charge on any atom is 0.189 e. The van der Waals surface area contributed by atoms with Crippen LogP contribution in [0.3, 0.4) is 0 Å². The molecule has 0 saturated carbocycles. The highest BCUT2D eigenvalue weighted by Crippen LogP contribution is 2.08. The summed E-state index contributed by atoms with van der Waals surface area (Å²) in [5, 5.41) is 3.94. The van der Waals surface area contributed by atoms with E-state index in [4.69, 9.17) is 5.53 Å². The van der Waals surface area contributed by atoms with Crippen molar-refractivity contribution in [1.82, 2.24) is 4.98 Å². The minimum atomic E-state index is -0.0210. The Balaban J connectivity index is 2.41. The van der Waals surface area contributed by atoms with Crippen LogP contribution in [0.2, 0.25) is 0 Å². The van der Waals surface area contributed by atoms with Crippen LogP contribution in [0.1, 0.15) is 5.56 Å². The third-order valence-electron chi connectivity index (χ3n) is 2.20. The number of aromatic amines is 1. The summed E-state index contributed by atoms with van der Waals surface area (Å²) < 4.78 is 0. The van der Waals surface area contributed by atoms with Gasteiger partial charge in [0.05, 0.1) is 12.1 Å². The maximum absolute atomic E-state index is 11.5. The van der Waals surface area contributed by atoms with Crippen molar-refractivity contribution < 1.29 is 0 Å². The highest BCUT2D eigenvalue weighted by atomic mass is 16.1. The molecule has 17 heavy (non-hydrogen) atoms. The van der Waals surface area contributed by atoms with Gasteiger partial charge in [-0.2, -0.15) is 0 Å². The normalized spacial score (nSPS) is 9.18. The van der Waals surface area contributed by atoms with Crippen LogP contribution in [-0.4, -0.2) is 11.5 Å². The quantitative estimate of drug-likeness (QED) is 0.342. The number of azide groups is 1. The van der Waals surface area contributed by atoms with Crippen LogP contribution < -0.4 is 5.43 Å². The molecule has 0 atom stereocenters. The number of aromatic nitrogens is 1. The summed E-state index contributed by atoms with van der Waals surface area (Å²) in [5.74, 6) is 5.57. The fourth-order valence-electron chi connectivity index (χ4n) is 1.46. The number of hydrogen-bond donors (Lipinski definition) is 1. The fourth-order valence-corrected chi connectivity index (χ4v) is 1.46. The van der Waals surface area contributed by atoms with E-state index in [9.17, 15) is 4.79 Å². The SMILES string of the molecule is [N-]=[N+]=NCC#Cc1ccc2c(=O)cc[nH]c2c1. The lowest BCUT2D eigenvalue weighted by molar-refractivity contribution is 1.25. The topological polar surface area (TPSA) is 81.6 Å². The van der Waals surface area contributed by atoms with E-state index in [1.807, 2.05) is 0 Å². The average molecular weight is 224 g/mol. The highest BCUT2D eigenvalue weighted by molar-refractivity contribution is 5.79. The summed E-state index contributed by atoms with van der Waals surface area (Å²) in [6.45, 7) is 0.139. The lowest BCUT2D eigenvalue weighted by Gasteiger charge is -1.96. The number of nitrogens with one attached hydrogen (secondary N) is 1. The van der Waals surface area contributed by atoms with Gasteiger partial charge in [-0.25, -0.2) is 0 Å². The minimum Gasteiger partial charge on any atom is -0.361 e. The second kappa shape index (κ2) is 4.88. The first-order valence-corrected chi connectivity index (χ1v) is 4.92. The molecule has 1 aromatic carbocycles. The van der Waals surface area contributed by atoms with Crippen molar-refractivity contribution in [3.8, 4) is 11.8 Å². The Bertz CT molecular complexity index is 714. The molecule has 0 aliphatic heterocycles. The van der Waals surface area contributed by atoms with Crippen molar-refractivity contribution in [2.75, 3.05) is 6.54 Å². The third-order valence-corrected chi connectivity index (χ3v) is 2.20. The first kappa shape index (κ1) is 10.8. The minimum absolute atomic E-state index is 0.0210. The molecule has 2 aromatic rings. The average Bonchev–Trinajstić information content (AvgIpc) is 2.35. The van der Waals surface area contributed by atoms with Gasteiger partial charge in [-0.05, 0) is 23.7 Å². The van der Waals surface area contributed by atoms with Crippen LogP contribution >= 0.6 is 0 Å². The Morgan fingerprint density at radius 1 is 1.41 bits per heavy atom. The zero-order valence-electron chi connectivity index (χ0n) is 8.84. The standard InChI is InChI=1S/C12H8N4O/c13-16-15-6-1-2-9-3-4-10-11(8-9)14-7-5-12(10)17/h3-5,7-8H,6H2,(H,14,17). The lowest BCUT2D eigenvalue weighted by Crippen LogP contribution is -1.99. The number of nitrogens with zero attached hydrogens (tertiary/aromatic N) is 3. The summed E-state index contributed by atoms with van der Waals surface area (Å²) in [7, 11) is 0. The summed E-state index contributed by atoms with van der Waals surface area (Å²) >= 11 is 0. The molecular weight excluding hydrogens is 216 g/mol. The number of fused-ring (bicyclic) bond motifs is 1. The first-order valence-electron chi connectivity index (χ1n) is 4.92. The van der Waals surface area contributed by atoms with Crippen molar-refractivity contribution in [3.05, 3.63) is 56.7 Å². The second-order valence-electron chi connectivity index (χ2n) is 3.29. The Labute approximate surface area is 96.7 Å². The molecule has 0 aliphatic carbocycles. The molecule has 0 radical (unpaired) electrons. The van der Waals surface area contributed by atoms with E-state index < -0.39 is 0 Å². The van der Waals surface area contributed by atoms with Gasteiger partial charge >= 0.3 is 0 Å². The van der Waals surface area contributed by atoms with Gasteiger partial charge in [-0.15, -0.1) is 0 Å². The van der Waals surface area contributed by atoms with Gasteiger partial charge in [0.2, 0.25) is 0 Å². The predicted octanol–water partition coefficient (Wildman–Crippen LogP) is 2.19. The van der Waals surface area contributed by atoms with Gasteiger partial charge in [0.1, 0.15) is 0 Å². The van der Waals surface area contributed by atoms with E-state index in [0.29, 0.717) is 5.39 Å². The summed E-state index contributed by atoms with van der Waals surface area (Å²) in [4.78, 5) is 17.1. The Morgan fingerprint density at radius 2 is 2.29 bits per heavy atom. The molecule has 0 unspecified atom stereocenters. The van der Waals surface area contributed by atoms with Gasteiger partial charge in [-0.1, -0.05) is 17.0 Å². The molecule has 1 aromatic heterocycles. The van der Waals surface area contributed by atoms with Gasteiger partial charge in [0.15, 0.2) is 5.43 Å². The molecule has 0 bridgehead atoms. The van der Waals surface area contributed by atoms with Crippen LogP contribution in [-0.2, 0) is 0 Å². The maximum atomic E-state index is 11.5.